The van der Waals surface area contributed by atoms with E-state index in [1.165, 1.54) is 0 Å². The first kappa shape index (κ1) is 22.5. The van der Waals surface area contributed by atoms with Crippen LogP contribution in [0.15, 0.2) is 60.7 Å². The average molecular weight is 447 g/mol. The zero-order valence-electron chi connectivity index (χ0n) is 18.4. The number of hydrogen-bond acceptors (Lipinski definition) is 5. The Morgan fingerprint density at radius 1 is 0.970 bits per heavy atom. The Morgan fingerprint density at radius 3 is 2.45 bits per heavy atom. The summed E-state index contributed by atoms with van der Waals surface area (Å²) in [6, 6.07) is 19.0. The van der Waals surface area contributed by atoms with Crippen LogP contribution in [0.5, 0.6) is 5.75 Å². The lowest BCUT2D eigenvalue weighted by Gasteiger charge is -2.12. The van der Waals surface area contributed by atoms with Crippen molar-refractivity contribution in [2.45, 2.75) is 26.5 Å². The van der Waals surface area contributed by atoms with E-state index in [9.17, 15) is 14.7 Å². The van der Waals surface area contributed by atoms with E-state index in [-0.39, 0.29) is 5.75 Å². The molecule has 0 aliphatic carbocycles. The summed E-state index contributed by atoms with van der Waals surface area (Å²) in [5, 5.41) is 10.5. The minimum Gasteiger partial charge on any atom is -0.424 e. The van der Waals surface area contributed by atoms with Crippen molar-refractivity contribution >= 4 is 33.7 Å². The van der Waals surface area contributed by atoms with E-state index in [1.807, 2.05) is 49.4 Å². The molecule has 0 radical (unpaired) electrons. The number of aliphatic hydroxyl groups excluding tert-OH is 1. The molecule has 1 aromatic heterocycles. The van der Waals surface area contributed by atoms with E-state index < -0.39 is 18.5 Å². The molecule has 3 N–H and O–H groups in total. The monoisotopic (exact) mass is 446 g/mol. The molecule has 0 aliphatic rings. The van der Waals surface area contributed by atoms with Gasteiger partial charge in [-0.25, -0.2) is 4.79 Å². The van der Waals surface area contributed by atoms with Crippen molar-refractivity contribution < 1.29 is 24.2 Å². The number of primary amides is 1. The molecule has 0 spiro atoms. The van der Waals surface area contributed by atoms with E-state index >= 15 is 0 Å². The summed E-state index contributed by atoms with van der Waals surface area (Å²) in [5.74, 6) is -1.11. The van der Waals surface area contributed by atoms with Gasteiger partial charge in [0.15, 0.2) is 0 Å². The summed E-state index contributed by atoms with van der Waals surface area (Å²) >= 11 is 0. The second kappa shape index (κ2) is 9.85. The van der Waals surface area contributed by atoms with Gasteiger partial charge in [0.2, 0.25) is 5.91 Å². The number of esters is 1. The molecule has 0 fully saturated rings. The second-order valence-corrected chi connectivity index (χ2v) is 7.81. The molecule has 7 heteroatoms. The zero-order valence-corrected chi connectivity index (χ0v) is 18.4. The lowest BCUT2D eigenvalue weighted by molar-refractivity contribution is -0.137. The van der Waals surface area contributed by atoms with Crippen molar-refractivity contribution in [2.75, 3.05) is 13.2 Å². The highest BCUT2D eigenvalue weighted by atomic mass is 16.5. The molecule has 0 saturated carbocycles. The molecule has 4 aromatic rings. The average Bonchev–Trinajstić information content (AvgIpc) is 3.13. The molecule has 0 bridgehead atoms. The van der Waals surface area contributed by atoms with Crippen molar-refractivity contribution in [1.29, 1.82) is 0 Å². The fourth-order valence-corrected chi connectivity index (χ4v) is 4.07. The molecular weight excluding hydrogens is 420 g/mol. The summed E-state index contributed by atoms with van der Waals surface area (Å²) in [7, 11) is 0. The quantitative estimate of drug-likeness (QED) is 0.231. The maximum absolute atomic E-state index is 12.3. The van der Waals surface area contributed by atoms with Crippen molar-refractivity contribution in [1.82, 2.24) is 4.57 Å². The van der Waals surface area contributed by atoms with E-state index in [0.717, 1.165) is 28.6 Å². The van der Waals surface area contributed by atoms with E-state index in [0.29, 0.717) is 36.1 Å². The minimum absolute atomic E-state index is 0.257. The third kappa shape index (κ3) is 4.60. The van der Waals surface area contributed by atoms with Crippen LogP contribution in [0.4, 0.5) is 0 Å². The van der Waals surface area contributed by atoms with E-state index in [1.54, 1.807) is 18.2 Å². The molecule has 0 aliphatic heterocycles. The normalized spacial score (nSPS) is 11.2. The van der Waals surface area contributed by atoms with Crippen molar-refractivity contribution in [3.63, 3.8) is 0 Å². The number of benzene rings is 3. The molecule has 3 aromatic carbocycles. The number of fused-ring (bicyclic) bond motifs is 3. The first-order chi connectivity index (χ1) is 16.0. The van der Waals surface area contributed by atoms with Crippen LogP contribution in [0, 0.1) is 0 Å². The standard InChI is InChI=1S/C26H26N2O5/c1-2-11-32-16-18-12-21-25(22(13-18)33-23(30)15-29)24-19(26(27)31)9-6-10-20(24)28(21)14-17-7-4-3-5-8-17/h3-10,12-13,29H,2,11,14-16H2,1H3,(H2,27,31). The highest BCUT2D eigenvalue weighted by Crippen LogP contribution is 2.39. The number of ether oxygens (including phenoxy) is 2. The fourth-order valence-electron chi connectivity index (χ4n) is 4.07. The molecule has 0 saturated heterocycles. The number of carbonyl (C=O) groups is 2. The summed E-state index contributed by atoms with van der Waals surface area (Å²) in [6.07, 6.45) is 0.880. The first-order valence-electron chi connectivity index (χ1n) is 10.8. The van der Waals surface area contributed by atoms with Crippen LogP contribution in [0.3, 0.4) is 0 Å². The Morgan fingerprint density at radius 2 is 1.76 bits per heavy atom. The topological polar surface area (TPSA) is 104 Å². The molecule has 1 heterocycles. The Hall–Kier alpha value is -3.68. The Bertz CT molecular complexity index is 1310. The SMILES string of the molecule is CCCOCc1cc(OC(=O)CO)c2c3c(C(N)=O)cccc3n(Cc3ccccc3)c2c1. The molecule has 170 valence electrons. The lowest BCUT2D eigenvalue weighted by atomic mass is 10.0. The van der Waals surface area contributed by atoms with Crippen molar-refractivity contribution in [3.05, 3.63) is 77.4 Å². The number of rotatable bonds is 9. The second-order valence-electron chi connectivity index (χ2n) is 7.81. The number of nitrogens with zero attached hydrogens (tertiary/aromatic N) is 1. The van der Waals surface area contributed by atoms with E-state index in [4.69, 9.17) is 15.2 Å². The predicted molar refractivity (Wildman–Crippen MR) is 126 cm³/mol. The molecule has 0 atom stereocenters. The highest BCUT2D eigenvalue weighted by Gasteiger charge is 2.22. The van der Waals surface area contributed by atoms with Crippen LogP contribution in [0.2, 0.25) is 0 Å². The molecule has 33 heavy (non-hydrogen) atoms. The highest BCUT2D eigenvalue weighted by molar-refractivity contribution is 6.20. The number of amides is 1. The fraction of sp³-hybridized carbons (Fsp3) is 0.231. The number of aromatic nitrogens is 1. The Labute approximate surface area is 191 Å². The summed E-state index contributed by atoms with van der Waals surface area (Å²) in [5.41, 5.74) is 9.49. The van der Waals surface area contributed by atoms with Gasteiger partial charge >= 0.3 is 5.97 Å². The van der Waals surface area contributed by atoms with Gasteiger partial charge in [0.05, 0.1) is 23.0 Å². The van der Waals surface area contributed by atoms with Crippen molar-refractivity contribution in [3.8, 4) is 5.75 Å². The lowest BCUT2D eigenvalue weighted by Crippen LogP contribution is -2.13. The Balaban J connectivity index is 2.03. The predicted octanol–water partition coefficient (Wildman–Crippen LogP) is 3.77. The summed E-state index contributed by atoms with van der Waals surface area (Å²) < 4.78 is 13.3. The molecule has 7 nitrogen and oxygen atoms in total. The van der Waals surface area contributed by atoms with Crippen molar-refractivity contribution in [2.24, 2.45) is 5.73 Å². The van der Waals surface area contributed by atoms with Gasteiger partial charge in [-0.05, 0) is 41.8 Å². The zero-order chi connectivity index (χ0) is 23.4. The van der Waals surface area contributed by atoms with Gasteiger partial charge in [-0.1, -0.05) is 43.3 Å². The molecule has 0 unspecified atom stereocenters. The first-order valence-corrected chi connectivity index (χ1v) is 10.8. The van der Waals surface area contributed by atoms with Crippen LogP contribution in [0.25, 0.3) is 21.8 Å². The maximum atomic E-state index is 12.3. The minimum atomic E-state index is -0.788. The molecular formula is C26H26N2O5. The van der Waals surface area contributed by atoms with Gasteiger partial charge < -0.3 is 24.9 Å². The molecule has 4 rings (SSSR count). The molecule has 1 amide bonds. The van der Waals surface area contributed by atoms with E-state index in [2.05, 4.69) is 4.57 Å². The number of nitrogens with two attached hydrogens (primary N) is 1. The third-order valence-corrected chi connectivity index (χ3v) is 5.43. The number of aliphatic hydroxyl groups is 1. The van der Waals surface area contributed by atoms with Gasteiger partial charge in [0.1, 0.15) is 12.4 Å². The van der Waals surface area contributed by atoms with Crippen LogP contribution in [-0.2, 0) is 22.7 Å². The van der Waals surface area contributed by atoms with Crippen LogP contribution in [0.1, 0.15) is 34.8 Å². The maximum Gasteiger partial charge on any atom is 0.337 e. The van der Waals surface area contributed by atoms with Gasteiger partial charge in [-0.15, -0.1) is 0 Å². The van der Waals surface area contributed by atoms with Gasteiger partial charge in [0.25, 0.3) is 0 Å². The van der Waals surface area contributed by atoms with Crippen LogP contribution >= 0.6 is 0 Å². The van der Waals surface area contributed by atoms with Crippen LogP contribution < -0.4 is 10.5 Å². The Kier molecular flexibility index (Phi) is 6.72. The summed E-state index contributed by atoms with van der Waals surface area (Å²) in [4.78, 5) is 24.3. The van der Waals surface area contributed by atoms with Gasteiger partial charge in [0, 0.05) is 24.1 Å². The third-order valence-electron chi connectivity index (χ3n) is 5.43. The van der Waals surface area contributed by atoms with Gasteiger partial charge in [-0.2, -0.15) is 0 Å². The smallest absolute Gasteiger partial charge is 0.337 e. The number of hydrogen-bond donors (Lipinski definition) is 2. The summed E-state index contributed by atoms with van der Waals surface area (Å²) in [6.45, 7) is 2.74. The number of carbonyl (C=O) groups excluding carboxylic acids is 2. The van der Waals surface area contributed by atoms with Crippen LogP contribution in [-0.4, -0.2) is 34.8 Å². The largest absolute Gasteiger partial charge is 0.424 e. The van der Waals surface area contributed by atoms with Gasteiger partial charge in [-0.3, -0.25) is 4.79 Å².